The summed E-state index contributed by atoms with van der Waals surface area (Å²) in [5, 5.41) is 0. The molecule has 1 unspecified atom stereocenters. The van der Waals surface area contributed by atoms with Gasteiger partial charge in [0.05, 0.1) is 6.61 Å². The van der Waals surface area contributed by atoms with Gasteiger partial charge in [0.15, 0.2) is 6.10 Å². The van der Waals surface area contributed by atoms with Crippen molar-refractivity contribution < 1.29 is 23.8 Å². The second-order valence-corrected chi connectivity index (χ2v) is 18.1. The van der Waals surface area contributed by atoms with Gasteiger partial charge in [-0.1, -0.05) is 239 Å². The number of allylic oxidation sites excluding steroid dienone is 20. The molecule has 0 rings (SSSR count). The Labute approximate surface area is 420 Å². The molecule has 0 radical (unpaired) electrons. The normalized spacial score (nSPS) is 13.2. The standard InChI is InChI=1S/C63H104O5/c1-4-7-10-13-16-19-22-25-27-29-31-33-35-37-40-43-46-49-52-55-58-66-59-61(68-63(65)57-54-51-48-45-42-38-24-21-18-15-12-9-6-3)60-67-62(64)56-53-50-47-44-41-39-36-34-32-30-28-26-23-20-17-14-11-8-5-2/h7-8,10-11,16-17,19-20,25-28,31-34,37,39-41,61H,4-6,9,12-15,18,21-24,29-30,35-36,38,42-60H2,1-3H3/b10-7-,11-8-,19-16-,20-17-,27-25-,28-26-,33-31-,34-32-,40-37-,41-39-. The molecular weight excluding hydrogens is 837 g/mol. The van der Waals surface area contributed by atoms with Crippen LogP contribution in [0.15, 0.2) is 122 Å². The van der Waals surface area contributed by atoms with Crippen LogP contribution in [0.25, 0.3) is 0 Å². The molecule has 1 atom stereocenters. The van der Waals surface area contributed by atoms with Crippen molar-refractivity contribution in [3.05, 3.63) is 122 Å². The molecule has 0 fully saturated rings. The molecule has 0 aromatic rings. The summed E-state index contributed by atoms with van der Waals surface area (Å²) < 4.78 is 17.4. The van der Waals surface area contributed by atoms with Crippen molar-refractivity contribution in [1.29, 1.82) is 0 Å². The minimum Gasteiger partial charge on any atom is -0.462 e. The Morgan fingerprint density at radius 1 is 0.338 bits per heavy atom. The molecule has 0 saturated heterocycles. The van der Waals surface area contributed by atoms with Crippen LogP contribution in [0.3, 0.4) is 0 Å². The van der Waals surface area contributed by atoms with Crippen molar-refractivity contribution >= 4 is 11.9 Å². The third kappa shape index (κ3) is 54.9. The zero-order valence-electron chi connectivity index (χ0n) is 44.3. The Morgan fingerprint density at radius 2 is 0.662 bits per heavy atom. The molecule has 0 bridgehead atoms. The third-order valence-electron chi connectivity index (χ3n) is 11.5. The van der Waals surface area contributed by atoms with E-state index in [2.05, 4.69) is 142 Å². The number of rotatable bonds is 50. The van der Waals surface area contributed by atoms with Crippen LogP contribution in [0.1, 0.15) is 239 Å². The molecule has 0 aliphatic rings. The average molecular weight is 942 g/mol. The smallest absolute Gasteiger partial charge is 0.306 e. The summed E-state index contributed by atoms with van der Waals surface area (Å²) >= 11 is 0. The highest BCUT2D eigenvalue weighted by Crippen LogP contribution is 2.14. The molecule has 0 saturated carbocycles. The highest BCUT2D eigenvalue weighted by Gasteiger charge is 2.17. The highest BCUT2D eigenvalue weighted by atomic mass is 16.6. The van der Waals surface area contributed by atoms with E-state index >= 15 is 0 Å². The lowest BCUT2D eigenvalue weighted by Crippen LogP contribution is -2.30. The van der Waals surface area contributed by atoms with Gasteiger partial charge in [0.2, 0.25) is 0 Å². The fraction of sp³-hybridized carbons (Fsp3) is 0.651. The van der Waals surface area contributed by atoms with Gasteiger partial charge in [0, 0.05) is 19.4 Å². The van der Waals surface area contributed by atoms with Crippen LogP contribution in [-0.4, -0.2) is 37.9 Å². The van der Waals surface area contributed by atoms with Crippen molar-refractivity contribution in [1.82, 2.24) is 0 Å². The summed E-state index contributed by atoms with van der Waals surface area (Å²) in [6.07, 6.45) is 80.7. The van der Waals surface area contributed by atoms with E-state index in [1.54, 1.807) is 0 Å². The van der Waals surface area contributed by atoms with Crippen molar-refractivity contribution in [2.24, 2.45) is 0 Å². The Bertz CT molecular complexity index is 1390. The minimum absolute atomic E-state index is 0.0520. The maximum Gasteiger partial charge on any atom is 0.306 e. The molecule has 0 aliphatic carbocycles. The molecule has 0 heterocycles. The highest BCUT2D eigenvalue weighted by molar-refractivity contribution is 5.70. The summed E-state index contributed by atoms with van der Waals surface area (Å²) in [6, 6.07) is 0. The second-order valence-electron chi connectivity index (χ2n) is 18.1. The summed E-state index contributed by atoms with van der Waals surface area (Å²) in [7, 11) is 0. The van der Waals surface area contributed by atoms with Gasteiger partial charge in [-0.3, -0.25) is 9.59 Å². The summed E-state index contributed by atoms with van der Waals surface area (Å²) in [4.78, 5) is 25.5. The van der Waals surface area contributed by atoms with Crippen LogP contribution < -0.4 is 0 Å². The number of ether oxygens (including phenoxy) is 3. The number of hydrogen-bond acceptors (Lipinski definition) is 5. The van der Waals surface area contributed by atoms with Crippen LogP contribution in [0.5, 0.6) is 0 Å². The molecule has 0 spiro atoms. The number of carbonyl (C=O) groups excluding carboxylic acids is 2. The minimum atomic E-state index is -0.570. The molecule has 5 heteroatoms. The summed E-state index contributed by atoms with van der Waals surface area (Å²) in [6.45, 7) is 7.51. The molecule has 0 aromatic heterocycles. The van der Waals surface area contributed by atoms with Crippen molar-refractivity contribution in [2.45, 2.75) is 245 Å². The quantitative estimate of drug-likeness (QED) is 0.0345. The topological polar surface area (TPSA) is 61.8 Å². The molecular formula is C63H104O5. The first-order chi connectivity index (χ1) is 33.6. The van der Waals surface area contributed by atoms with Gasteiger partial charge >= 0.3 is 11.9 Å². The first kappa shape index (κ1) is 64.3. The molecule has 0 amide bonds. The molecule has 0 aromatic carbocycles. The Balaban J connectivity index is 4.39. The first-order valence-electron chi connectivity index (χ1n) is 28.1. The van der Waals surface area contributed by atoms with Crippen LogP contribution in [0.2, 0.25) is 0 Å². The van der Waals surface area contributed by atoms with E-state index in [1.807, 2.05) is 0 Å². The van der Waals surface area contributed by atoms with E-state index in [0.29, 0.717) is 19.4 Å². The summed E-state index contributed by atoms with van der Waals surface area (Å²) in [5.74, 6) is -0.451. The number of esters is 2. The van der Waals surface area contributed by atoms with Gasteiger partial charge in [0.25, 0.3) is 0 Å². The monoisotopic (exact) mass is 941 g/mol. The van der Waals surface area contributed by atoms with Crippen LogP contribution in [-0.2, 0) is 23.8 Å². The lowest BCUT2D eigenvalue weighted by molar-refractivity contribution is -0.163. The van der Waals surface area contributed by atoms with Crippen molar-refractivity contribution in [3.63, 3.8) is 0 Å². The number of carbonyl (C=O) groups is 2. The van der Waals surface area contributed by atoms with Crippen LogP contribution in [0, 0.1) is 0 Å². The molecule has 68 heavy (non-hydrogen) atoms. The number of hydrogen-bond donors (Lipinski definition) is 0. The Morgan fingerprint density at radius 3 is 1.07 bits per heavy atom. The SMILES string of the molecule is CC/C=C\C/C=C\C/C=C\C/C=C\C/C=C\CCCCCCOCC(COC(=O)CCCCC/C=C\C/C=C\C/C=C\C/C=C\C/C=C\CC)OC(=O)CCCCCCCCCCCCCCC. The van der Waals surface area contributed by atoms with E-state index in [1.165, 1.54) is 77.0 Å². The molecule has 0 aliphatic heterocycles. The lowest BCUT2D eigenvalue weighted by atomic mass is 10.0. The Kier molecular flexibility index (Phi) is 54.5. The first-order valence-corrected chi connectivity index (χ1v) is 28.1. The van der Waals surface area contributed by atoms with Gasteiger partial charge in [-0.2, -0.15) is 0 Å². The van der Waals surface area contributed by atoms with E-state index < -0.39 is 6.10 Å². The lowest BCUT2D eigenvalue weighted by Gasteiger charge is -2.18. The van der Waals surface area contributed by atoms with Crippen molar-refractivity contribution in [3.8, 4) is 0 Å². The maximum absolute atomic E-state index is 12.8. The molecule has 5 nitrogen and oxygen atoms in total. The predicted molar refractivity (Wildman–Crippen MR) is 297 cm³/mol. The van der Waals surface area contributed by atoms with Gasteiger partial charge < -0.3 is 14.2 Å². The zero-order valence-corrected chi connectivity index (χ0v) is 44.3. The largest absolute Gasteiger partial charge is 0.462 e. The fourth-order valence-electron chi connectivity index (χ4n) is 7.39. The fourth-order valence-corrected chi connectivity index (χ4v) is 7.39. The zero-order chi connectivity index (χ0) is 49.2. The maximum atomic E-state index is 12.8. The van der Waals surface area contributed by atoms with Gasteiger partial charge in [0.1, 0.15) is 6.61 Å². The molecule has 0 N–H and O–H groups in total. The van der Waals surface area contributed by atoms with Crippen LogP contribution in [0.4, 0.5) is 0 Å². The predicted octanol–water partition coefficient (Wildman–Crippen LogP) is 19.3. The third-order valence-corrected chi connectivity index (χ3v) is 11.5. The molecule has 386 valence electrons. The Hall–Kier alpha value is -3.70. The summed E-state index contributed by atoms with van der Waals surface area (Å²) in [5.41, 5.74) is 0. The van der Waals surface area contributed by atoms with E-state index in [4.69, 9.17) is 14.2 Å². The van der Waals surface area contributed by atoms with Gasteiger partial charge in [-0.25, -0.2) is 0 Å². The van der Waals surface area contributed by atoms with E-state index in [9.17, 15) is 9.59 Å². The number of unbranched alkanes of at least 4 members (excludes halogenated alkanes) is 19. The van der Waals surface area contributed by atoms with Crippen molar-refractivity contribution in [2.75, 3.05) is 19.8 Å². The van der Waals surface area contributed by atoms with Gasteiger partial charge in [-0.15, -0.1) is 0 Å². The average Bonchev–Trinajstić information content (AvgIpc) is 3.34. The van der Waals surface area contributed by atoms with E-state index in [0.717, 1.165) is 128 Å². The second kappa shape index (κ2) is 57.6. The van der Waals surface area contributed by atoms with Crippen LogP contribution >= 0.6 is 0 Å². The van der Waals surface area contributed by atoms with E-state index in [-0.39, 0.29) is 25.2 Å². The van der Waals surface area contributed by atoms with Gasteiger partial charge in [-0.05, 0) is 109 Å².